The van der Waals surface area contributed by atoms with E-state index in [1.54, 1.807) is 0 Å². The van der Waals surface area contributed by atoms with Gasteiger partial charge in [-0.15, -0.1) is 0 Å². The van der Waals surface area contributed by atoms with Gasteiger partial charge in [0.25, 0.3) is 0 Å². The summed E-state index contributed by atoms with van der Waals surface area (Å²) in [5, 5.41) is 5.11. The molecule has 0 atom stereocenters. The molecule has 0 unspecified atom stereocenters. The van der Waals surface area contributed by atoms with Crippen LogP contribution in [0.4, 0.5) is 0 Å². The van der Waals surface area contributed by atoms with Gasteiger partial charge >= 0.3 is 0 Å². The largest absolute Gasteiger partial charge is 1.00 e. The number of nitrogens with zero attached hydrogens (tertiary/aromatic N) is 8. The summed E-state index contributed by atoms with van der Waals surface area (Å²) in [6, 6.07) is 20.7. The van der Waals surface area contributed by atoms with Crippen molar-refractivity contribution in [1.82, 2.24) is 28.2 Å². The van der Waals surface area contributed by atoms with Crippen molar-refractivity contribution in [2.75, 3.05) is 0 Å². The molecule has 4 aromatic carbocycles. The summed E-state index contributed by atoms with van der Waals surface area (Å²) in [5.41, 5.74) is 14.9. The third-order valence-corrected chi connectivity index (χ3v) is 15.1. The van der Waals surface area contributed by atoms with Crippen LogP contribution in [0.25, 0.3) is 66.4 Å². The molecule has 6 aromatic heterocycles. The molecule has 10 aromatic rings. The van der Waals surface area contributed by atoms with Crippen LogP contribution >= 0.6 is 0 Å². The Labute approximate surface area is 533 Å². The first kappa shape index (κ1) is 65.1. The Morgan fingerprint density at radius 2 is 0.487 bits per heavy atom. The zero-order chi connectivity index (χ0) is 53.7. The topological polar surface area (TPSA) is 66.8 Å². The zero-order valence-electron chi connectivity index (χ0n) is 49.9. The van der Waals surface area contributed by atoms with E-state index in [2.05, 4.69) is 308 Å². The maximum Gasteiger partial charge on any atom is 0.249 e. The van der Waals surface area contributed by atoms with Crippen molar-refractivity contribution < 1.29 is 114 Å². The lowest BCUT2D eigenvalue weighted by Crippen LogP contribution is -3.00. The minimum absolute atomic E-state index is 0. The van der Waals surface area contributed by atoms with Crippen LogP contribution in [0, 0.1) is 0 Å². The molecule has 0 fully saturated rings. The van der Waals surface area contributed by atoms with Gasteiger partial charge in [0, 0.05) is 21.5 Å². The Morgan fingerprint density at radius 1 is 0.308 bits per heavy atom. The van der Waals surface area contributed by atoms with Crippen LogP contribution in [0.5, 0.6) is 0 Å². The molecule has 6 heterocycles. The highest BCUT2D eigenvalue weighted by molar-refractivity contribution is 6.14. The van der Waals surface area contributed by atoms with E-state index in [0.29, 0.717) is 24.2 Å². The number of fused-ring (bicyclic) bond motifs is 6. The summed E-state index contributed by atoms with van der Waals surface area (Å²) in [6.07, 6.45) is 26.2. The summed E-state index contributed by atoms with van der Waals surface area (Å²) in [7, 11) is 0. The number of imidazole rings is 4. The summed E-state index contributed by atoms with van der Waals surface area (Å²) in [5.74, 6) is 0. The van der Waals surface area contributed by atoms with Gasteiger partial charge in [0.2, 0.25) is 25.3 Å². The maximum atomic E-state index is 3.89. The van der Waals surface area contributed by atoms with E-state index in [-0.39, 0.29) is 118 Å². The van der Waals surface area contributed by atoms with Gasteiger partial charge in [-0.05, 0) is 148 Å². The van der Waals surface area contributed by atoms with Crippen LogP contribution in [-0.2, 0) is 21.7 Å². The first-order valence-electron chi connectivity index (χ1n) is 27.1. The summed E-state index contributed by atoms with van der Waals surface area (Å²) in [6.45, 7) is 45.3. The lowest BCUT2D eigenvalue weighted by Gasteiger charge is -2.20. The molecule has 0 aliphatic rings. The van der Waals surface area contributed by atoms with Gasteiger partial charge in [0.05, 0.1) is 46.2 Å². The highest BCUT2D eigenvalue weighted by Gasteiger charge is 2.29. The molecule has 420 valence electrons. The van der Waals surface area contributed by atoms with Crippen molar-refractivity contribution in [3.8, 4) is 22.7 Å². The van der Waals surface area contributed by atoms with Crippen LogP contribution in [0.15, 0.2) is 123 Å². The van der Waals surface area contributed by atoms with Crippen molar-refractivity contribution in [1.29, 1.82) is 0 Å². The Bertz CT molecular complexity index is 3210. The predicted molar refractivity (Wildman–Crippen MR) is 306 cm³/mol. The third-order valence-electron chi connectivity index (χ3n) is 15.1. The van der Waals surface area contributed by atoms with Crippen molar-refractivity contribution in [3.63, 3.8) is 0 Å². The number of aromatic amines is 2. The molecule has 0 saturated carbocycles. The van der Waals surface area contributed by atoms with Gasteiger partial charge in [-0.3, -0.25) is 0 Å². The Kier molecular flexibility index (Phi) is 20.0. The van der Waals surface area contributed by atoms with E-state index in [1.807, 2.05) is 0 Å². The van der Waals surface area contributed by atoms with E-state index in [1.165, 1.54) is 88.6 Å². The normalized spacial score (nSPS) is 12.4. The molecule has 0 aliphatic carbocycles. The molecule has 10 rings (SSSR count). The van der Waals surface area contributed by atoms with Crippen molar-refractivity contribution >= 4 is 43.6 Å². The van der Waals surface area contributed by atoms with Gasteiger partial charge < -0.3 is 106 Å². The summed E-state index contributed by atoms with van der Waals surface area (Å²) < 4.78 is 18.1. The van der Waals surface area contributed by atoms with E-state index in [4.69, 9.17) is 0 Å². The van der Waals surface area contributed by atoms with Crippen LogP contribution < -0.4 is 114 Å². The van der Waals surface area contributed by atoms with E-state index >= 15 is 0 Å². The highest BCUT2D eigenvalue weighted by atomic mass is 127. The standard InChI is InChI=1S/2C32H43N5.4HI/c2*1-21(2)34-11-13-36(19-34)27-17-23(31(5,6)7)15-25-26-16-24(32(8,9)10)18-28(30(26)33-29(25)27)37-14-12-35(20-37)22(3)4;;;;/h2*11-22,33H,1-10H3;4*1H/q2*+2;;;;/p-4. The lowest BCUT2D eigenvalue weighted by molar-refractivity contribution is -0.715. The molecule has 2 N–H and O–H groups in total. The number of hydrogen-bond donors (Lipinski definition) is 2. The Hall–Kier alpha value is -3.76. The number of benzene rings is 4. The quantitative estimate of drug-likeness (QED) is 0.174. The third kappa shape index (κ3) is 13.0. The van der Waals surface area contributed by atoms with Crippen LogP contribution in [-0.4, -0.2) is 28.2 Å². The second kappa shape index (κ2) is 24.0. The highest BCUT2D eigenvalue weighted by Crippen LogP contribution is 2.41. The molecule has 0 amide bonds. The Balaban J connectivity index is 0.000000273. The number of aromatic nitrogens is 10. The number of hydrogen-bond acceptors (Lipinski definition) is 0. The molecule has 0 aliphatic heterocycles. The van der Waals surface area contributed by atoms with E-state index < -0.39 is 0 Å². The summed E-state index contributed by atoms with van der Waals surface area (Å²) >= 11 is 0. The zero-order valence-corrected chi connectivity index (χ0v) is 58.6. The Morgan fingerprint density at radius 3 is 0.628 bits per heavy atom. The van der Waals surface area contributed by atoms with Crippen LogP contribution in [0.2, 0.25) is 0 Å². The molecule has 0 spiro atoms. The van der Waals surface area contributed by atoms with Gasteiger partial charge in [0.15, 0.2) is 22.7 Å². The van der Waals surface area contributed by atoms with E-state index in [0.717, 1.165) is 0 Å². The van der Waals surface area contributed by atoms with Crippen molar-refractivity contribution in [3.05, 3.63) is 146 Å². The minimum atomic E-state index is 0. The van der Waals surface area contributed by atoms with Gasteiger partial charge in [-0.1, -0.05) is 83.1 Å². The monoisotopic (exact) mass is 1500 g/mol. The minimum Gasteiger partial charge on any atom is -1.00 e. The molecule has 0 saturated heterocycles. The van der Waals surface area contributed by atoms with Gasteiger partial charge in [-0.25, -0.2) is 36.5 Å². The molecule has 78 heavy (non-hydrogen) atoms. The predicted octanol–water partition coefficient (Wildman–Crippen LogP) is 2.48. The molecule has 14 heteroatoms. The van der Waals surface area contributed by atoms with Gasteiger partial charge in [-0.2, -0.15) is 0 Å². The fraction of sp³-hybridized carbons (Fsp3) is 0.438. The fourth-order valence-electron chi connectivity index (χ4n) is 9.95. The number of H-pyrrole nitrogens is 2. The lowest BCUT2D eigenvalue weighted by atomic mass is 9.84. The number of rotatable bonds is 8. The maximum absolute atomic E-state index is 3.89. The molecule has 10 nitrogen and oxygen atoms in total. The molecular formula is C64H86I4N10. The molecule has 0 bridgehead atoms. The second-order valence-electron chi connectivity index (χ2n) is 26.4. The van der Waals surface area contributed by atoms with E-state index in [9.17, 15) is 0 Å². The SMILES string of the molecule is CC(C)[n+]1ccn(-c2cc(C(C)(C)C)cc3c2[nH]c2c(-n4cc[n+](C(C)C)c4)cc(C(C)(C)C)cc23)c1.CC(C)[n+]1ccn(-c2cc(C(C)(C)C)cc3c2[nH]c2c(-n4cc[n+](C(C)C)c4)cc(C(C)(C)C)cc23)c1.[I-].[I-].[I-].[I-]. The average molecular weight is 1500 g/mol. The van der Waals surface area contributed by atoms with Crippen molar-refractivity contribution in [2.45, 2.75) is 184 Å². The number of nitrogens with one attached hydrogen (secondary N) is 2. The van der Waals surface area contributed by atoms with Crippen molar-refractivity contribution in [2.24, 2.45) is 0 Å². The first-order valence-corrected chi connectivity index (χ1v) is 27.1. The second-order valence-corrected chi connectivity index (χ2v) is 26.4. The van der Waals surface area contributed by atoms with Gasteiger partial charge in [0.1, 0.15) is 49.6 Å². The van der Waals surface area contributed by atoms with Crippen LogP contribution in [0.3, 0.4) is 0 Å². The average Bonchev–Trinajstić information content (AvgIpc) is 4.17. The van der Waals surface area contributed by atoms with Crippen LogP contribution in [0.1, 0.15) is 185 Å². The summed E-state index contributed by atoms with van der Waals surface area (Å²) in [4.78, 5) is 7.77. The molecule has 0 radical (unpaired) electrons. The smallest absolute Gasteiger partial charge is 0.249 e. The number of halogens is 4. The fourth-order valence-corrected chi connectivity index (χ4v) is 9.95. The first-order chi connectivity index (χ1) is 34.5. The molecular weight excluding hydrogens is 1420 g/mol.